The molecule has 0 radical (unpaired) electrons. The van der Waals surface area contributed by atoms with Crippen LogP contribution in [0.2, 0.25) is 0 Å². The fraction of sp³-hybridized carbons (Fsp3) is 0.0667. The van der Waals surface area contributed by atoms with Crippen LogP contribution in [0.3, 0.4) is 0 Å². The van der Waals surface area contributed by atoms with Gasteiger partial charge in [0, 0.05) is 16.6 Å². The smallest absolute Gasteiger partial charge is 0.328 e. The first-order valence-electron chi connectivity index (χ1n) is 6.22. The number of amides is 2. The van der Waals surface area contributed by atoms with Crippen molar-refractivity contribution in [3.05, 3.63) is 58.3 Å². The number of aliphatic carboxylic acids is 1. The molecule has 0 bridgehead atoms. The van der Waals surface area contributed by atoms with Gasteiger partial charge in [-0.25, -0.2) is 9.59 Å². The van der Waals surface area contributed by atoms with Crippen molar-refractivity contribution in [3.8, 4) is 0 Å². The monoisotopic (exact) mass is 302 g/mol. The summed E-state index contributed by atoms with van der Waals surface area (Å²) in [6.45, 7) is 0.474. The highest BCUT2D eigenvalue weighted by molar-refractivity contribution is 7.09. The Bertz CT molecular complexity index is 651. The Morgan fingerprint density at radius 3 is 2.81 bits per heavy atom. The zero-order valence-electron chi connectivity index (χ0n) is 11.1. The van der Waals surface area contributed by atoms with Crippen molar-refractivity contribution in [1.29, 1.82) is 0 Å². The molecule has 2 rings (SSSR count). The van der Waals surface area contributed by atoms with Gasteiger partial charge in [0.05, 0.1) is 6.54 Å². The molecule has 0 fully saturated rings. The Labute approximate surface area is 125 Å². The van der Waals surface area contributed by atoms with Gasteiger partial charge in [-0.2, -0.15) is 0 Å². The number of thiophene rings is 1. The van der Waals surface area contributed by atoms with Gasteiger partial charge in [-0.1, -0.05) is 18.2 Å². The summed E-state index contributed by atoms with van der Waals surface area (Å²) in [6.07, 6.45) is 2.52. The van der Waals surface area contributed by atoms with E-state index in [2.05, 4.69) is 10.6 Å². The van der Waals surface area contributed by atoms with Gasteiger partial charge in [0.1, 0.15) is 0 Å². The first-order chi connectivity index (χ1) is 10.1. The van der Waals surface area contributed by atoms with Gasteiger partial charge >= 0.3 is 12.0 Å². The van der Waals surface area contributed by atoms with E-state index >= 15 is 0 Å². The fourth-order valence-electron chi connectivity index (χ4n) is 1.64. The predicted molar refractivity (Wildman–Crippen MR) is 83.3 cm³/mol. The maximum atomic E-state index is 11.8. The molecule has 2 aromatic rings. The minimum Gasteiger partial charge on any atom is -0.478 e. The van der Waals surface area contributed by atoms with Crippen molar-refractivity contribution in [2.75, 3.05) is 5.32 Å². The van der Waals surface area contributed by atoms with E-state index in [1.54, 1.807) is 35.6 Å². The zero-order chi connectivity index (χ0) is 15.1. The second-order valence-corrected chi connectivity index (χ2v) is 5.22. The van der Waals surface area contributed by atoms with Crippen LogP contribution in [0.15, 0.2) is 47.9 Å². The molecule has 1 aromatic heterocycles. The molecule has 21 heavy (non-hydrogen) atoms. The number of hydrogen-bond acceptors (Lipinski definition) is 3. The van der Waals surface area contributed by atoms with Crippen molar-refractivity contribution >= 4 is 35.1 Å². The third-order valence-corrected chi connectivity index (χ3v) is 3.44. The van der Waals surface area contributed by atoms with E-state index in [0.717, 1.165) is 11.0 Å². The molecule has 0 aliphatic carbocycles. The van der Waals surface area contributed by atoms with Gasteiger partial charge in [0.2, 0.25) is 0 Å². The Kier molecular flexibility index (Phi) is 5.11. The molecule has 0 aliphatic heterocycles. The Hall–Kier alpha value is -2.60. The molecular formula is C15H14N2O3S. The molecule has 6 heteroatoms. The summed E-state index contributed by atoms with van der Waals surface area (Å²) in [5.41, 5.74) is 1.31. The molecule has 3 N–H and O–H groups in total. The van der Waals surface area contributed by atoms with Gasteiger partial charge in [0.25, 0.3) is 0 Å². The normalized spacial score (nSPS) is 10.5. The predicted octanol–water partition coefficient (Wildman–Crippen LogP) is 3.17. The lowest BCUT2D eigenvalue weighted by atomic mass is 10.2. The van der Waals surface area contributed by atoms with Crippen LogP contribution in [-0.2, 0) is 11.3 Å². The number of carboxylic acid groups (broad SMARTS) is 1. The maximum Gasteiger partial charge on any atom is 0.328 e. The van der Waals surface area contributed by atoms with Crippen molar-refractivity contribution in [3.63, 3.8) is 0 Å². The van der Waals surface area contributed by atoms with Crippen molar-refractivity contribution in [2.45, 2.75) is 6.54 Å². The van der Waals surface area contributed by atoms with Crippen molar-refractivity contribution in [2.24, 2.45) is 0 Å². The van der Waals surface area contributed by atoms with E-state index in [4.69, 9.17) is 5.11 Å². The Morgan fingerprint density at radius 1 is 1.24 bits per heavy atom. The molecule has 0 saturated carbocycles. The lowest BCUT2D eigenvalue weighted by Crippen LogP contribution is -2.27. The van der Waals surface area contributed by atoms with Gasteiger partial charge in [-0.15, -0.1) is 11.3 Å². The maximum absolute atomic E-state index is 11.8. The molecule has 0 unspecified atom stereocenters. The van der Waals surface area contributed by atoms with Gasteiger partial charge in [-0.3, -0.25) is 0 Å². The summed E-state index contributed by atoms with van der Waals surface area (Å²) in [4.78, 5) is 23.3. The molecule has 0 atom stereocenters. The first kappa shape index (κ1) is 14.8. The standard InChI is InChI=1S/C15H14N2O3S/c18-14(19)7-6-11-3-1-4-12(9-11)17-15(20)16-10-13-5-2-8-21-13/h1-9H,10H2,(H,18,19)(H2,16,17,20)/b7-6+. The summed E-state index contributed by atoms with van der Waals surface area (Å²) in [5, 5.41) is 16.0. The number of urea groups is 1. The molecule has 0 spiro atoms. The number of hydrogen-bond donors (Lipinski definition) is 3. The molecule has 1 aromatic carbocycles. The highest BCUT2D eigenvalue weighted by atomic mass is 32.1. The molecule has 1 heterocycles. The largest absolute Gasteiger partial charge is 0.478 e. The number of carbonyl (C=O) groups is 2. The number of nitrogens with one attached hydrogen (secondary N) is 2. The third kappa shape index (κ3) is 5.12. The molecular weight excluding hydrogens is 288 g/mol. The van der Waals surface area contributed by atoms with Crippen molar-refractivity contribution < 1.29 is 14.7 Å². The molecule has 5 nitrogen and oxygen atoms in total. The molecule has 108 valence electrons. The van der Waals surface area contributed by atoms with E-state index in [-0.39, 0.29) is 6.03 Å². The van der Waals surface area contributed by atoms with Crippen molar-refractivity contribution in [1.82, 2.24) is 5.32 Å². The van der Waals surface area contributed by atoms with Crippen LogP contribution in [-0.4, -0.2) is 17.1 Å². The lowest BCUT2D eigenvalue weighted by molar-refractivity contribution is -0.131. The summed E-state index contributed by atoms with van der Waals surface area (Å²) >= 11 is 1.58. The van der Waals surface area contributed by atoms with Gasteiger partial charge in [-0.05, 0) is 35.2 Å². The first-order valence-corrected chi connectivity index (χ1v) is 7.10. The summed E-state index contributed by atoms with van der Waals surface area (Å²) in [5.74, 6) is -1.01. The number of anilines is 1. The minimum atomic E-state index is -1.01. The van der Waals surface area contributed by atoms with E-state index in [1.807, 2.05) is 17.5 Å². The second kappa shape index (κ2) is 7.25. The summed E-state index contributed by atoms with van der Waals surface area (Å²) in [7, 11) is 0. The van der Waals surface area contributed by atoms with Crippen LogP contribution in [0.25, 0.3) is 6.08 Å². The van der Waals surface area contributed by atoms with E-state index in [9.17, 15) is 9.59 Å². The fourth-order valence-corrected chi connectivity index (χ4v) is 2.29. The van der Waals surface area contributed by atoms with Crippen LogP contribution in [0.5, 0.6) is 0 Å². The number of rotatable bonds is 5. The van der Waals surface area contributed by atoms with Crippen LogP contribution in [0.1, 0.15) is 10.4 Å². The topological polar surface area (TPSA) is 78.4 Å². The highest BCUT2D eigenvalue weighted by Crippen LogP contribution is 2.12. The van der Waals surface area contributed by atoms with E-state index < -0.39 is 5.97 Å². The van der Waals surface area contributed by atoms with Gasteiger partial charge in [0.15, 0.2) is 0 Å². The van der Waals surface area contributed by atoms with Crippen LogP contribution < -0.4 is 10.6 Å². The zero-order valence-corrected chi connectivity index (χ0v) is 11.9. The second-order valence-electron chi connectivity index (χ2n) is 4.18. The summed E-state index contributed by atoms with van der Waals surface area (Å²) < 4.78 is 0. The van der Waals surface area contributed by atoms with Crippen LogP contribution >= 0.6 is 11.3 Å². The van der Waals surface area contributed by atoms with Crippen LogP contribution in [0.4, 0.5) is 10.5 Å². The van der Waals surface area contributed by atoms with Gasteiger partial charge < -0.3 is 15.7 Å². The Morgan fingerprint density at radius 2 is 2.10 bits per heavy atom. The molecule has 0 saturated heterocycles. The Balaban J connectivity index is 1.91. The quantitative estimate of drug-likeness (QED) is 0.742. The number of benzene rings is 1. The average Bonchev–Trinajstić information content (AvgIpc) is 2.97. The average molecular weight is 302 g/mol. The molecule has 2 amide bonds. The number of carboxylic acids is 1. The van der Waals surface area contributed by atoms with Crippen LogP contribution in [0, 0.1) is 0 Å². The lowest BCUT2D eigenvalue weighted by Gasteiger charge is -2.07. The van der Waals surface area contributed by atoms with E-state index in [1.165, 1.54) is 6.08 Å². The number of carbonyl (C=O) groups excluding carboxylic acids is 1. The van der Waals surface area contributed by atoms with E-state index in [0.29, 0.717) is 17.8 Å². The third-order valence-electron chi connectivity index (χ3n) is 2.57. The summed E-state index contributed by atoms with van der Waals surface area (Å²) in [6, 6.07) is 10.5. The highest BCUT2D eigenvalue weighted by Gasteiger charge is 2.02. The SMILES string of the molecule is O=C(O)/C=C/c1cccc(NC(=O)NCc2cccs2)c1. The minimum absolute atomic E-state index is 0.303. The molecule has 0 aliphatic rings.